The average Bonchev–Trinajstić information content (AvgIpc) is 2.69. The predicted octanol–water partition coefficient (Wildman–Crippen LogP) is 4.23. The number of hydrogen-bond acceptors (Lipinski definition) is 5. The van der Waals surface area contributed by atoms with Crippen molar-refractivity contribution in [2.45, 2.75) is 26.4 Å². The van der Waals surface area contributed by atoms with Gasteiger partial charge in [-0.2, -0.15) is 5.10 Å². The first kappa shape index (κ1) is 20.0. The first-order chi connectivity index (χ1) is 13.9. The molecule has 0 bridgehead atoms. The van der Waals surface area contributed by atoms with Gasteiger partial charge in [0, 0.05) is 17.7 Å². The van der Waals surface area contributed by atoms with Crippen molar-refractivity contribution in [3.8, 4) is 5.75 Å². The highest BCUT2D eigenvalue weighted by Gasteiger charge is 2.10. The second-order valence-electron chi connectivity index (χ2n) is 6.76. The molecule has 29 heavy (non-hydrogen) atoms. The fourth-order valence-electron chi connectivity index (χ4n) is 2.89. The third-order valence-electron chi connectivity index (χ3n) is 4.19. The number of nitrogens with one attached hydrogen (secondary N) is 1. The standard InChI is InChI=1S/C22H21N3O4/c1-15(2)29-21-12-9-17-5-3-4-6-19(17)20(21)14-23-24-22(26)13-16-7-10-18(11-8-16)25(27)28/h3-12,14-15H,13H2,1-2H3,(H,24,26)/b23-14-. The highest BCUT2D eigenvalue weighted by atomic mass is 16.6. The van der Waals surface area contributed by atoms with Crippen LogP contribution in [0.15, 0.2) is 65.8 Å². The van der Waals surface area contributed by atoms with Gasteiger partial charge in [-0.1, -0.05) is 42.5 Å². The van der Waals surface area contributed by atoms with E-state index in [1.54, 1.807) is 18.3 Å². The quantitative estimate of drug-likeness (QED) is 0.370. The number of hydrogen-bond donors (Lipinski definition) is 1. The number of nitro benzene ring substituents is 1. The van der Waals surface area contributed by atoms with Crippen molar-refractivity contribution in [2.24, 2.45) is 5.10 Å². The Bertz CT molecular complexity index is 1060. The van der Waals surface area contributed by atoms with Gasteiger partial charge in [-0.15, -0.1) is 0 Å². The van der Waals surface area contributed by atoms with Gasteiger partial charge in [0.05, 0.1) is 23.7 Å². The zero-order valence-electron chi connectivity index (χ0n) is 16.2. The van der Waals surface area contributed by atoms with Gasteiger partial charge in [-0.25, -0.2) is 5.43 Å². The smallest absolute Gasteiger partial charge is 0.269 e. The van der Waals surface area contributed by atoms with Gasteiger partial charge < -0.3 is 4.74 Å². The second-order valence-corrected chi connectivity index (χ2v) is 6.76. The van der Waals surface area contributed by atoms with Crippen LogP contribution in [0.25, 0.3) is 10.8 Å². The molecule has 3 rings (SSSR count). The summed E-state index contributed by atoms with van der Waals surface area (Å²) in [7, 11) is 0. The third-order valence-corrected chi connectivity index (χ3v) is 4.19. The Kier molecular flexibility index (Phi) is 6.19. The van der Waals surface area contributed by atoms with Crippen molar-refractivity contribution in [1.82, 2.24) is 5.43 Å². The van der Waals surface area contributed by atoms with Crippen LogP contribution in [-0.2, 0) is 11.2 Å². The van der Waals surface area contributed by atoms with E-state index in [2.05, 4.69) is 10.5 Å². The van der Waals surface area contributed by atoms with Crippen molar-refractivity contribution >= 4 is 28.6 Å². The number of rotatable bonds is 7. The molecule has 0 spiro atoms. The molecule has 7 nitrogen and oxygen atoms in total. The van der Waals surface area contributed by atoms with E-state index in [9.17, 15) is 14.9 Å². The van der Waals surface area contributed by atoms with Crippen LogP contribution in [0.2, 0.25) is 0 Å². The van der Waals surface area contributed by atoms with E-state index in [4.69, 9.17) is 4.74 Å². The summed E-state index contributed by atoms with van der Waals surface area (Å²) >= 11 is 0. The van der Waals surface area contributed by atoms with Crippen LogP contribution in [0.5, 0.6) is 5.75 Å². The summed E-state index contributed by atoms with van der Waals surface area (Å²) in [6, 6.07) is 17.6. The minimum Gasteiger partial charge on any atom is -0.490 e. The monoisotopic (exact) mass is 391 g/mol. The average molecular weight is 391 g/mol. The number of hydrazone groups is 1. The van der Waals surface area contributed by atoms with Crippen LogP contribution in [-0.4, -0.2) is 23.1 Å². The number of non-ortho nitro benzene ring substituents is 1. The molecule has 148 valence electrons. The molecule has 0 saturated heterocycles. The van der Waals surface area contributed by atoms with E-state index in [1.165, 1.54) is 12.1 Å². The molecule has 0 saturated carbocycles. The second kappa shape index (κ2) is 8.97. The Labute approximate surface area is 168 Å². The van der Waals surface area contributed by atoms with Crippen LogP contribution in [0.1, 0.15) is 25.0 Å². The number of fused-ring (bicyclic) bond motifs is 1. The lowest BCUT2D eigenvalue weighted by molar-refractivity contribution is -0.384. The van der Waals surface area contributed by atoms with E-state index in [1.807, 2.05) is 50.2 Å². The van der Waals surface area contributed by atoms with Crippen molar-refractivity contribution in [3.63, 3.8) is 0 Å². The van der Waals surface area contributed by atoms with E-state index in [-0.39, 0.29) is 24.1 Å². The summed E-state index contributed by atoms with van der Waals surface area (Å²) in [4.78, 5) is 22.4. The molecule has 1 N–H and O–H groups in total. The molecule has 0 heterocycles. The predicted molar refractivity (Wildman–Crippen MR) is 112 cm³/mol. The molecule has 0 radical (unpaired) electrons. The first-order valence-corrected chi connectivity index (χ1v) is 9.17. The summed E-state index contributed by atoms with van der Waals surface area (Å²) in [5, 5.41) is 16.8. The Morgan fingerprint density at radius 1 is 1.14 bits per heavy atom. The van der Waals surface area contributed by atoms with Crippen molar-refractivity contribution in [2.75, 3.05) is 0 Å². The van der Waals surface area contributed by atoms with E-state index < -0.39 is 4.92 Å². The van der Waals surface area contributed by atoms with E-state index in [0.717, 1.165) is 16.3 Å². The van der Waals surface area contributed by atoms with E-state index in [0.29, 0.717) is 11.3 Å². The van der Waals surface area contributed by atoms with Gasteiger partial charge in [0.25, 0.3) is 5.69 Å². The van der Waals surface area contributed by atoms with Crippen molar-refractivity contribution < 1.29 is 14.5 Å². The third kappa shape index (κ3) is 5.16. The number of nitro groups is 1. The van der Waals surface area contributed by atoms with Crippen molar-refractivity contribution in [1.29, 1.82) is 0 Å². The molecule has 7 heteroatoms. The lowest BCUT2D eigenvalue weighted by Gasteiger charge is -2.14. The highest BCUT2D eigenvalue weighted by molar-refractivity contribution is 6.02. The molecule has 3 aromatic rings. The van der Waals surface area contributed by atoms with Gasteiger partial charge in [0.15, 0.2) is 0 Å². The maximum Gasteiger partial charge on any atom is 0.269 e. The Hall–Kier alpha value is -3.74. The summed E-state index contributed by atoms with van der Waals surface area (Å²) in [6.45, 7) is 3.89. The number of ether oxygens (including phenoxy) is 1. The summed E-state index contributed by atoms with van der Waals surface area (Å²) in [5.41, 5.74) is 3.94. The van der Waals surface area contributed by atoms with Gasteiger partial charge in [0.2, 0.25) is 5.91 Å². The fourth-order valence-corrected chi connectivity index (χ4v) is 2.89. The zero-order valence-corrected chi connectivity index (χ0v) is 16.2. The lowest BCUT2D eigenvalue weighted by atomic mass is 10.0. The molecule has 0 atom stereocenters. The Balaban J connectivity index is 1.74. The zero-order chi connectivity index (χ0) is 20.8. The number of carbonyl (C=O) groups excluding carboxylic acids is 1. The van der Waals surface area contributed by atoms with Crippen LogP contribution < -0.4 is 10.2 Å². The SMILES string of the molecule is CC(C)Oc1ccc2ccccc2c1/C=N\NC(=O)Cc1ccc([N+](=O)[O-])cc1. The van der Waals surface area contributed by atoms with Gasteiger partial charge >= 0.3 is 0 Å². The van der Waals surface area contributed by atoms with Gasteiger partial charge in [-0.05, 0) is 36.2 Å². The minimum atomic E-state index is -0.477. The minimum absolute atomic E-state index is 0.0000377. The molecule has 1 amide bonds. The molecule has 0 aliphatic rings. The summed E-state index contributed by atoms with van der Waals surface area (Å²) in [5.74, 6) is 0.369. The largest absolute Gasteiger partial charge is 0.490 e. The maximum absolute atomic E-state index is 12.2. The van der Waals surface area contributed by atoms with Crippen LogP contribution in [0, 0.1) is 10.1 Å². The Morgan fingerprint density at radius 3 is 2.55 bits per heavy atom. The molecular formula is C22H21N3O4. The fraction of sp³-hybridized carbons (Fsp3) is 0.182. The maximum atomic E-state index is 12.2. The van der Waals surface area contributed by atoms with Crippen LogP contribution in [0.3, 0.4) is 0 Å². The van der Waals surface area contributed by atoms with E-state index >= 15 is 0 Å². The summed E-state index contributed by atoms with van der Waals surface area (Å²) in [6.07, 6.45) is 1.65. The molecular weight excluding hydrogens is 370 g/mol. The van der Waals surface area contributed by atoms with Crippen LogP contribution >= 0.6 is 0 Å². The molecule has 0 aliphatic carbocycles. The topological polar surface area (TPSA) is 93.8 Å². The molecule has 0 aliphatic heterocycles. The van der Waals surface area contributed by atoms with Gasteiger partial charge in [-0.3, -0.25) is 14.9 Å². The van der Waals surface area contributed by atoms with Crippen LogP contribution in [0.4, 0.5) is 5.69 Å². The molecule has 0 unspecified atom stereocenters. The number of nitrogens with zero attached hydrogens (tertiary/aromatic N) is 2. The van der Waals surface area contributed by atoms with Crippen molar-refractivity contribution in [3.05, 3.63) is 81.9 Å². The molecule has 0 fully saturated rings. The molecule has 3 aromatic carbocycles. The number of benzene rings is 3. The lowest BCUT2D eigenvalue weighted by Crippen LogP contribution is -2.20. The van der Waals surface area contributed by atoms with Gasteiger partial charge in [0.1, 0.15) is 5.75 Å². The summed E-state index contributed by atoms with van der Waals surface area (Å²) < 4.78 is 5.88. The normalized spacial score (nSPS) is 11.1. The highest BCUT2D eigenvalue weighted by Crippen LogP contribution is 2.27. The Morgan fingerprint density at radius 2 is 1.86 bits per heavy atom. The number of carbonyl (C=O) groups is 1. The molecule has 0 aromatic heterocycles. The first-order valence-electron chi connectivity index (χ1n) is 9.17. The number of amides is 1.